The second-order valence-corrected chi connectivity index (χ2v) is 7.05. The smallest absolute Gasteiger partial charge is 0.243 e. The van der Waals surface area contributed by atoms with Gasteiger partial charge in [0, 0.05) is 18.7 Å². The van der Waals surface area contributed by atoms with E-state index in [-0.39, 0.29) is 23.6 Å². The molecule has 0 aromatic heterocycles. The molecule has 2 unspecified atom stereocenters. The van der Waals surface area contributed by atoms with Crippen LogP contribution in [0, 0.1) is 11.8 Å². The first kappa shape index (κ1) is 16.0. The number of nitrogens with two attached hydrogens (primary N) is 1. The molecule has 1 fully saturated rings. The van der Waals surface area contributed by atoms with Crippen molar-refractivity contribution in [2.24, 2.45) is 5.73 Å². The van der Waals surface area contributed by atoms with Crippen molar-refractivity contribution in [3.05, 3.63) is 29.8 Å². The summed E-state index contributed by atoms with van der Waals surface area (Å²) in [6, 6.07) is 6.56. The van der Waals surface area contributed by atoms with Crippen molar-refractivity contribution >= 4 is 10.0 Å². The van der Waals surface area contributed by atoms with Crippen LogP contribution in [-0.2, 0) is 14.8 Å². The Bertz CT molecular complexity index is 634. The lowest BCUT2D eigenvalue weighted by atomic mass is 10.2. The lowest BCUT2D eigenvalue weighted by Gasteiger charge is -2.34. The Balaban J connectivity index is 2.23. The van der Waals surface area contributed by atoms with Crippen LogP contribution < -0.4 is 5.73 Å². The monoisotopic (exact) mass is 308 g/mol. The van der Waals surface area contributed by atoms with Crippen LogP contribution >= 0.6 is 0 Å². The van der Waals surface area contributed by atoms with Crippen molar-refractivity contribution in [3.63, 3.8) is 0 Å². The fraction of sp³-hybridized carbons (Fsp3) is 0.467. The molecule has 2 N–H and O–H groups in total. The van der Waals surface area contributed by atoms with Gasteiger partial charge in [0.25, 0.3) is 0 Å². The molecule has 2 atom stereocenters. The SMILES string of the molecule is CC1CN(S(=O)(=O)c2ccc(C#CCN)cc2)CC(C)O1. The van der Waals surface area contributed by atoms with Crippen LogP contribution in [0.3, 0.4) is 0 Å². The summed E-state index contributed by atoms with van der Waals surface area (Å²) in [5, 5.41) is 0. The Hall–Kier alpha value is -1.39. The largest absolute Gasteiger partial charge is 0.373 e. The second kappa shape index (κ2) is 6.58. The highest BCUT2D eigenvalue weighted by atomic mass is 32.2. The van der Waals surface area contributed by atoms with Crippen LogP contribution in [-0.4, -0.2) is 44.6 Å². The molecule has 114 valence electrons. The van der Waals surface area contributed by atoms with Gasteiger partial charge in [-0.1, -0.05) is 11.8 Å². The summed E-state index contributed by atoms with van der Waals surface area (Å²) in [6.07, 6.45) is -0.198. The Labute approximate surface area is 126 Å². The Morgan fingerprint density at radius 1 is 1.24 bits per heavy atom. The van der Waals surface area contributed by atoms with Crippen LogP contribution in [0.15, 0.2) is 29.2 Å². The van der Waals surface area contributed by atoms with Crippen LogP contribution in [0.2, 0.25) is 0 Å². The van der Waals surface area contributed by atoms with E-state index in [1.54, 1.807) is 24.3 Å². The van der Waals surface area contributed by atoms with Gasteiger partial charge in [-0.05, 0) is 38.1 Å². The number of nitrogens with zero attached hydrogens (tertiary/aromatic N) is 1. The number of sulfonamides is 1. The summed E-state index contributed by atoms with van der Waals surface area (Å²) in [6.45, 7) is 4.79. The number of hydrogen-bond donors (Lipinski definition) is 1. The van der Waals surface area contributed by atoms with Gasteiger partial charge in [0.2, 0.25) is 10.0 Å². The molecule has 0 bridgehead atoms. The molecule has 1 aromatic rings. The maximum atomic E-state index is 12.6. The molecule has 0 aliphatic carbocycles. The topological polar surface area (TPSA) is 72.6 Å². The molecule has 21 heavy (non-hydrogen) atoms. The van der Waals surface area contributed by atoms with E-state index in [2.05, 4.69) is 11.8 Å². The Morgan fingerprint density at radius 2 is 1.81 bits per heavy atom. The van der Waals surface area contributed by atoms with E-state index in [0.29, 0.717) is 13.1 Å². The molecule has 2 rings (SSSR count). The number of rotatable bonds is 2. The van der Waals surface area contributed by atoms with Gasteiger partial charge in [0.1, 0.15) is 0 Å². The summed E-state index contributed by atoms with van der Waals surface area (Å²) in [5.74, 6) is 5.61. The van der Waals surface area contributed by atoms with Crippen LogP contribution in [0.5, 0.6) is 0 Å². The Kier molecular flexibility index (Phi) is 5.01. The minimum Gasteiger partial charge on any atom is -0.373 e. The number of ether oxygens (including phenoxy) is 1. The first-order valence-corrected chi connectivity index (χ1v) is 8.32. The lowest BCUT2D eigenvalue weighted by Crippen LogP contribution is -2.48. The third kappa shape index (κ3) is 3.83. The van der Waals surface area contributed by atoms with E-state index in [0.717, 1.165) is 5.56 Å². The predicted molar refractivity (Wildman–Crippen MR) is 81.1 cm³/mol. The highest BCUT2D eigenvalue weighted by Crippen LogP contribution is 2.21. The average molecular weight is 308 g/mol. The van der Waals surface area contributed by atoms with Crippen LogP contribution in [0.4, 0.5) is 0 Å². The first-order chi connectivity index (χ1) is 9.93. The highest BCUT2D eigenvalue weighted by Gasteiger charge is 2.31. The van der Waals surface area contributed by atoms with E-state index in [1.165, 1.54) is 4.31 Å². The first-order valence-electron chi connectivity index (χ1n) is 6.88. The molecule has 5 nitrogen and oxygen atoms in total. The second-order valence-electron chi connectivity index (χ2n) is 5.11. The molecule has 0 radical (unpaired) electrons. The summed E-state index contributed by atoms with van der Waals surface area (Å²) in [7, 11) is -3.48. The van der Waals surface area contributed by atoms with Gasteiger partial charge in [-0.3, -0.25) is 0 Å². The average Bonchev–Trinajstić information content (AvgIpc) is 2.44. The summed E-state index contributed by atoms with van der Waals surface area (Å²) in [4.78, 5) is 0.280. The number of hydrogen-bond acceptors (Lipinski definition) is 4. The predicted octanol–water partition coefficient (Wildman–Crippen LogP) is 0.795. The van der Waals surface area contributed by atoms with Gasteiger partial charge in [0.05, 0.1) is 23.6 Å². The van der Waals surface area contributed by atoms with Gasteiger partial charge in [-0.25, -0.2) is 8.42 Å². The molecule has 6 heteroatoms. The van der Waals surface area contributed by atoms with Crippen molar-refractivity contribution in [3.8, 4) is 11.8 Å². The van der Waals surface area contributed by atoms with Crippen LogP contribution in [0.25, 0.3) is 0 Å². The fourth-order valence-electron chi connectivity index (χ4n) is 2.34. The van der Waals surface area contributed by atoms with E-state index in [4.69, 9.17) is 10.5 Å². The van der Waals surface area contributed by atoms with Crippen LogP contribution in [0.1, 0.15) is 19.4 Å². The molecule has 1 aliphatic heterocycles. The van der Waals surface area contributed by atoms with E-state index >= 15 is 0 Å². The lowest BCUT2D eigenvalue weighted by molar-refractivity contribution is -0.0440. The molecule has 0 amide bonds. The quantitative estimate of drug-likeness (QED) is 0.820. The normalized spacial score (nSPS) is 23.4. The molecule has 1 aliphatic rings. The van der Waals surface area contributed by atoms with Crippen molar-refractivity contribution in [1.29, 1.82) is 0 Å². The fourth-order valence-corrected chi connectivity index (χ4v) is 3.93. The zero-order valence-corrected chi connectivity index (χ0v) is 13.1. The molecular formula is C15H20N2O3S. The number of morpholine rings is 1. The van der Waals surface area contributed by atoms with Crippen molar-refractivity contribution in [1.82, 2.24) is 4.31 Å². The van der Waals surface area contributed by atoms with Gasteiger partial charge >= 0.3 is 0 Å². The summed E-state index contributed by atoms with van der Waals surface area (Å²) >= 11 is 0. The molecule has 0 spiro atoms. The minimum atomic E-state index is -3.48. The molecule has 1 aromatic carbocycles. The third-order valence-corrected chi connectivity index (χ3v) is 5.06. The zero-order chi connectivity index (χ0) is 15.5. The standard InChI is InChI=1S/C15H20N2O3S/c1-12-10-17(11-13(2)20-12)21(18,19)15-7-5-14(6-8-15)4-3-9-16/h5-8,12-13H,9-11,16H2,1-2H3. The molecule has 1 heterocycles. The van der Waals surface area contributed by atoms with E-state index in [9.17, 15) is 8.42 Å². The summed E-state index contributed by atoms with van der Waals surface area (Å²) < 4.78 is 32.3. The molecule has 0 saturated carbocycles. The van der Waals surface area contributed by atoms with Gasteiger partial charge < -0.3 is 10.5 Å². The summed E-state index contributed by atoms with van der Waals surface area (Å²) in [5.41, 5.74) is 6.06. The van der Waals surface area contributed by atoms with Gasteiger partial charge in [-0.2, -0.15) is 4.31 Å². The molecule has 1 saturated heterocycles. The highest BCUT2D eigenvalue weighted by molar-refractivity contribution is 7.89. The number of benzene rings is 1. The van der Waals surface area contributed by atoms with Gasteiger partial charge in [-0.15, -0.1) is 0 Å². The van der Waals surface area contributed by atoms with Gasteiger partial charge in [0.15, 0.2) is 0 Å². The van der Waals surface area contributed by atoms with E-state index in [1.807, 2.05) is 13.8 Å². The maximum absolute atomic E-state index is 12.6. The maximum Gasteiger partial charge on any atom is 0.243 e. The van der Waals surface area contributed by atoms with Crippen molar-refractivity contribution in [2.45, 2.75) is 31.0 Å². The minimum absolute atomic E-state index is 0.0989. The Morgan fingerprint density at radius 3 is 2.33 bits per heavy atom. The molecular weight excluding hydrogens is 288 g/mol. The third-order valence-electron chi connectivity index (χ3n) is 3.21. The van der Waals surface area contributed by atoms with E-state index < -0.39 is 10.0 Å². The van der Waals surface area contributed by atoms with Crippen molar-refractivity contribution < 1.29 is 13.2 Å². The zero-order valence-electron chi connectivity index (χ0n) is 12.2. The van der Waals surface area contributed by atoms with Crippen molar-refractivity contribution in [2.75, 3.05) is 19.6 Å².